The molecule has 1 saturated heterocycles. The Balaban J connectivity index is 0.00000242. The number of nitrogens with two attached hydrogens (primary N) is 1. The molecule has 2 N–H and O–H groups in total. The molecule has 0 saturated carbocycles. The van der Waals surface area contributed by atoms with Crippen molar-refractivity contribution in [2.24, 2.45) is 5.73 Å². The molecule has 0 spiro atoms. The molecule has 1 aliphatic heterocycles. The van der Waals surface area contributed by atoms with Crippen molar-refractivity contribution < 1.29 is 13.2 Å². The normalized spacial score (nSPS) is 17.7. The van der Waals surface area contributed by atoms with Crippen LogP contribution in [0.1, 0.15) is 6.92 Å². The maximum atomic E-state index is 12.5. The van der Waals surface area contributed by atoms with Crippen LogP contribution < -0.4 is 5.73 Å². The van der Waals surface area contributed by atoms with E-state index in [1.54, 1.807) is 30.0 Å². The summed E-state index contributed by atoms with van der Waals surface area (Å²) in [5.74, 6) is -0.162. The highest BCUT2D eigenvalue weighted by molar-refractivity contribution is 7.89. The number of amides is 1. The zero-order valence-corrected chi connectivity index (χ0v) is 14.5. The molecule has 1 atom stereocenters. The molecule has 1 aliphatic rings. The molecule has 2 rings (SSSR count). The quantitative estimate of drug-likeness (QED) is 0.861. The molecule has 1 unspecified atom stereocenters. The second-order valence-electron chi connectivity index (χ2n) is 4.95. The van der Waals surface area contributed by atoms with E-state index >= 15 is 0 Å². The Bertz CT molecular complexity index is 629. The first-order valence-corrected chi connectivity index (χ1v) is 8.45. The van der Waals surface area contributed by atoms with Crippen molar-refractivity contribution in [2.75, 3.05) is 26.2 Å². The van der Waals surface area contributed by atoms with Crippen LogP contribution in [0.25, 0.3) is 0 Å². The highest BCUT2D eigenvalue weighted by Gasteiger charge is 2.31. The third-order valence-corrected chi connectivity index (χ3v) is 5.79. The molecular weight excluding hydrogens is 349 g/mol. The van der Waals surface area contributed by atoms with E-state index in [0.29, 0.717) is 13.1 Å². The smallest absolute Gasteiger partial charge is 0.244 e. The predicted octanol–water partition coefficient (Wildman–Crippen LogP) is 0.942. The Morgan fingerprint density at radius 3 is 2.27 bits per heavy atom. The number of nitrogens with zero attached hydrogens (tertiary/aromatic N) is 2. The van der Waals surface area contributed by atoms with E-state index in [2.05, 4.69) is 0 Å². The van der Waals surface area contributed by atoms with E-state index in [-0.39, 0.29) is 41.3 Å². The second kappa shape index (κ2) is 7.61. The van der Waals surface area contributed by atoms with E-state index in [4.69, 9.17) is 17.3 Å². The van der Waals surface area contributed by atoms with Gasteiger partial charge in [0.2, 0.25) is 15.9 Å². The molecule has 124 valence electrons. The van der Waals surface area contributed by atoms with Crippen LogP contribution in [0.3, 0.4) is 0 Å². The minimum Gasteiger partial charge on any atom is -0.339 e. The van der Waals surface area contributed by atoms with Gasteiger partial charge in [0.05, 0.1) is 11.1 Å². The molecule has 0 aromatic heterocycles. The van der Waals surface area contributed by atoms with Gasteiger partial charge in [-0.25, -0.2) is 8.42 Å². The van der Waals surface area contributed by atoms with Crippen molar-refractivity contribution in [3.8, 4) is 0 Å². The van der Waals surface area contributed by atoms with Gasteiger partial charge >= 0.3 is 0 Å². The van der Waals surface area contributed by atoms with Crippen molar-refractivity contribution in [1.82, 2.24) is 9.21 Å². The van der Waals surface area contributed by atoms with Crippen LogP contribution in [-0.2, 0) is 14.8 Å². The number of piperazine rings is 1. The summed E-state index contributed by atoms with van der Waals surface area (Å²) in [5.41, 5.74) is 5.56. The lowest BCUT2D eigenvalue weighted by Gasteiger charge is -2.34. The summed E-state index contributed by atoms with van der Waals surface area (Å²) in [6, 6.07) is 5.77. The Morgan fingerprint density at radius 2 is 1.77 bits per heavy atom. The van der Waals surface area contributed by atoms with Crippen LogP contribution in [-0.4, -0.2) is 55.8 Å². The zero-order chi connectivity index (χ0) is 15.6. The van der Waals surface area contributed by atoms with E-state index in [1.165, 1.54) is 10.4 Å². The first-order valence-electron chi connectivity index (χ1n) is 6.63. The van der Waals surface area contributed by atoms with Crippen molar-refractivity contribution >= 4 is 39.9 Å². The maximum Gasteiger partial charge on any atom is 0.244 e. The first-order chi connectivity index (χ1) is 9.84. The standard InChI is InChI=1S/C13H18ClN3O3S.ClH/c1-10(15)13(18)16-6-8-17(9-7-16)21(19,20)12-5-3-2-4-11(12)14;/h2-5,10H,6-9,15H2,1H3;1H. The van der Waals surface area contributed by atoms with E-state index in [1.807, 2.05) is 0 Å². The molecule has 1 heterocycles. The average molecular weight is 368 g/mol. The fraction of sp³-hybridized carbons (Fsp3) is 0.462. The highest BCUT2D eigenvalue weighted by atomic mass is 35.5. The SMILES string of the molecule is CC(N)C(=O)N1CCN(S(=O)(=O)c2ccccc2Cl)CC1.Cl. The minimum absolute atomic E-state index is 0. The first kappa shape index (κ1) is 19.2. The van der Waals surface area contributed by atoms with Crippen molar-refractivity contribution in [3.63, 3.8) is 0 Å². The number of hydrogen-bond donors (Lipinski definition) is 1. The van der Waals surface area contributed by atoms with Gasteiger partial charge in [-0.05, 0) is 19.1 Å². The van der Waals surface area contributed by atoms with Gasteiger partial charge in [-0.3, -0.25) is 4.79 Å². The molecule has 9 heteroatoms. The van der Waals surface area contributed by atoms with E-state index < -0.39 is 16.1 Å². The molecule has 1 aromatic rings. The van der Waals surface area contributed by atoms with Crippen LogP contribution in [0.5, 0.6) is 0 Å². The fourth-order valence-electron chi connectivity index (χ4n) is 2.23. The van der Waals surface area contributed by atoms with Crippen LogP contribution in [0.2, 0.25) is 5.02 Å². The monoisotopic (exact) mass is 367 g/mol. The minimum atomic E-state index is -3.63. The summed E-state index contributed by atoms with van der Waals surface area (Å²) in [6.07, 6.45) is 0. The number of halogens is 2. The summed E-state index contributed by atoms with van der Waals surface area (Å²) in [6.45, 7) is 2.78. The molecule has 22 heavy (non-hydrogen) atoms. The number of benzene rings is 1. The van der Waals surface area contributed by atoms with Crippen LogP contribution in [0.15, 0.2) is 29.2 Å². The Hall–Kier alpha value is -0.860. The van der Waals surface area contributed by atoms with Crippen molar-refractivity contribution in [2.45, 2.75) is 17.9 Å². The topological polar surface area (TPSA) is 83.7 Å². The van der Waals surface area contributed by atoms with Crippen LogP contribution >= 0.6 is 24.0 Å². The Labute approximate surface area is 141 Å². The van der Waals surface area contributed by atoms with Crippen LogP contribution in [0, 0.1) is 0 Å². The van der Waals surface area contributed by atoms with Gasteiger partial charge in [0.15, 0.2) is 0 Å². The molecule has 1 aromatic carbocycles. The summed E-state index contributed by atoms with van der Waals surface area (Å²) >= 11 is 5.96. The lowest BCUT2D eigenvalue weighted by atomic mass is 10.2. The van der Waals surface area contributed by atoms with Gasteiger partial charge in [0.25, 0.3) is 0 Å². The lowest BCUT2D eigenvalue weighted by molar-refractivity contribution is -0.133. The number of sulfonamides is 1. The van der Waals surface area contributed by atoms with E-state index in [9.17, 15) is 13.2 Å². The molecule has 0 aliphatic carbocycles. The van der Waals surface area contributed by atoms with Gasteiger partial charge < -0.3 is 10.6 Å². The molecule has 1 fully saturated rings. The highest BCUT2D eigenvalue weighted by Crippen LogP contribution is 2.24. The number of carbonyl (C=O) groups is 1. The summed E-state index contributed by atoms with van der Waals surface area (Å²) in [7, 11) is -3.63. The van der Waals surface area contributed by atoms with Gasteiger partial charge in [-0.15, -0.1) is 12.4 Å². The average Bonchev–Trinajstić information content (AvgIpc) is 2.46. The van der Waals surface area contributed by atoms with Crippen LogP contribution in [0.4, 0.5) is 0 Å². The molecule has 0 radical (unpaired) electrons. The number of hydrogen-bond acceptors (Lipinski definition) is 4. The summed E-state index contributed by atoms with van der Waals surface area (Å²) in [5, 5.41) is 0.201. The van der Waals surface area contributed by atoms with Crippen molar-refractivity contribution in [3.05, 3.63) is 29.3 Å². The zero-order valence-electron chi connectivity index (χ0n) is 12.1. The predicted molar refractivity (Wildman–Crippen MR) is 87.7 cm³/mol. The van der Waals surface area contributed by atoms with Gasteiger partial charge in [0.1, 0.15) is 4.90 Å². The molecule has 0 bridgehead atoms. The summed E-state index contributed by atoms with van der Waals surface area (Å²) < 4.78 is 26.4. The fourth-order valence-corrected chi connectivity index (χ4v) is 4.15. The maximum absolute atomic E-state index is 12.5. The van der Waals surface area contributed by atoms with Gasteiger partial charge in [0, 0.05) is 26.2 Å². The largest absolute Gasteiger partial charge is 0.339 e. The number of rotatable bonds is 3. The Morgan fingerprint density at radius 1 is 1.23 bits per heavy atom. The number of carbonyl (C=O) groups excluding carboxylic acids is 1. The van der Waals surface area contributed by atoms with E-state index in [0.717, 1.165) is 0 Å². The van der Waals surface area contributed by atoms with Gasteiger partial charge in [-0.2, -0.15) is 4.31 Å². The molecule has 1 amide bonds. The third-order valence-electron chi connectivity index (χ3n) is 3.39. The van der Waals surface area contributed by atoms with Crippen molar-refractivity contribution in [1.29, 1.82) is 0 Å². The van der Waals surface area contributed by atoms with Gasteiger partial charge in [-0.1, -0.05) is 23.7 Å². The molecule has 6 nitrogen and oxygen atoms in total. The summed E-state index contributed by atoms with van der Waals surface area (Å²) in [4.78, 5) is 13.5. The Kier molecular flexibility index (Phi) is 6.64. The molecular formula is C13H19Cl2N3O3S. The lowest BCUT2D eigenvalue weighted by Crippen LogP contribution is -2.53. The third kappa shape index (κ3) is 3.91. The second-order valence-corrected chi connectivity index (χ2v) is 7.26.